The van der Waals surface area contributed by atoms with Gasteiger partial charge in [0.2, 0.25) is 5.13 Å². The Labute approximate surface area is 143 Å². The van der Waals surface area contributed by atoms with Crippen molar-refractivity contribution in [3.8, 4) is 11.8 Å². The van der Waals surface area contributed by atoms with Crippen LogP contribution in [0, 0.1) is 11.3 Å². The van der Waals surface area contributed by atoms with Crippen molar-refractivity contribution in [1.29, 1.82) is 5.26 Å². The van der Waals surface area contributed by atoms with E-state index in [0.29, 0.717) is 21.1 Å². The molecule has 0 amide bonds. The predicted molar refractivity (Wildman–Crippen MR) is 93.7 cm³/mol. The van der Waals surface area contributed by atoms with Crippen LogP contribution in [0.5, 0.6) is 5.75 Å². The number of hydrazone groups is 1. The molecule has 120 valence electrons. The van der Waals surface area contributed by atoms with Crippen LogP contribution in [-0.4, -0.2) is 21.3 Å². The minimum Gasteiger partial charge on any atom is -0.506 e. The summed E-state index contributed by atoms with van der Waals surface area (Å²) in [5.74, 6) is -0.139. The molecule has 1 aromatic carbocycles. The number of rotatable bonds is 3. The average Bonchev–Trinajstić information content (AvgIpc) is 2.91. The summed E-state index contributed by atoms with van der Waals surface area (Å²) in [6.07, 6.45) is 1.15. The second kappa shape index (κ2) is 6.19. The first-order chi connectivity index (χ1) is 11.5. The minimum absolute atomic E-state index is 0.0395. The van der Waals surface area contributed by atoms with Gasteiger partial charge >= 0.3 is 0 Å². The van der Waals surface area contributed by atoms with Crippen LogP contribution in [0.15, 0.2) is 28.1 Å². The Hall–Kier alpha value is -3.09. The van der Waals surface area contributed by atoms with Crippen LogP contribution in [0.1, 0.15) is 10.4 Å². The molecule has 0 saturated heterocycles. The molecule has 3 aromatic rings. The van der Waals surface area contributed by atoms with E-state index in [1.165, 1.54) is 6.07 Å². The van der Waals surface area contributed by atoms with Gasteiger partial charge in [-0.2, -0.15) is 10.4 Å². The number of halogens is 1. The van der Waals surface area contributed by atoms with Gasteiger partial charge in [-0.3, -0.25) is 10.2 Å². The van der Waals surface area contributed by atoms with Gasteiger partial charge in [0.1, 0.15) is 17.4 Å². The molecule has 0 aliphatic rings. The topological polar surface area (TPSA) is 140 Å². The van der Waals surface area contributed by atoms with Crippen molar-refractivity contribution in [3.63, 3.8) is 0 Å². The highest BCUT2D eigenvalue weighted by Crippen LogP contribution is 2.27. The van der Waals surface area contributed by atoms with E-state index >= 15 is 0 Å². The van der Waals surface area contributed by atoms with E-state index in [0.717, 1.165) is 17.6 Å². The fourth-order valence-electron chi connectivity index (χ4n) is 2.00. The molecule has 0 saturated carbocycles. The molecule has 8 nitrogen and oxygen atoms in total. The Morgan fingerprint density at radius 1 is 1.54 bits per heavy atom. The molecule has 0 aliphatic heterocycles. The largest absolute Gasteiger partial charge is 0.506 e. The van der Waals surface area contributed by atoms with Crippen molar-refractivity contribution in [2.24, 2.45) is 5.10 Å². The smallest absolute Gasteiger partial charge is 0.261 e. The highest BCUT2D eigenvalue weighted by molar-refractivity contribution is 7.16. The van der Waals surface area contributed by atoms with Crippen LogP contribution in [0.4, 0.5) is 10.9 Å². The first kappa shape index (κ1) is 15.8. The van der Waals surface area contributed by atoms with Gasteiger partial charge in [-0.05, 0) is 18.2 Å². The Morgan fingerprint density at radius 3 is 3.04 bits per heavy atom. The molecule has 0 aliphatic carbocycles. The summed E-state index contributed by atoms with van der Waals surface area (Å²) in [5.41, 5.74) is 8.00. The fraction of sp³-hybridized carbons (Fsp3) is 0. The molecule has 0 spiro atoms. The highest BCUT2D eigenvalue weighted by Gasteiger charge is 2.11. The first-order valence-corrected chi connectivity index (χ1v) is 7.69. The van der Waals surface area contributed by atoms with Crippen LogP contribution in [0.25, 0.3) is 10.9 Å². The maximum atomic E-state index is 12.0. The van der Waals surface area contributed by atoms with Crippen molar-refractivity contribution >= 4 is 51.0 Å². The standard InChI is InChI=1S/C14H9ClN6O2S/c15-6-1-2-9-7(3-6)11(22)8(13(23)19-9)5-18-21-14-20-12(17)10(4-16)24-14/h1-3,5H,17H2,(H,20,21)(H2,19,22,23)/b18-5-. The number of thiazole rings is 1. The lowest BCUT2D eigenvalue weighted by atomic mass is 10.1. The number of pyridine rings is 1. The molecule has 24 heavy (non-hydrogen) atoms. The summed E-state index contributed by atoms with van der Waals surface area (Å²) in [6, 6.07) is 6.64. The third-order valence-corrected chi connectivity index (χ3v) is 4.21. The van der Waals surface area contributed by atoms with E-state index in [9.17, 15) is 9.90 Å². The first-order valence-electron chi connectivity index (χ1n) is 6.49. The quantitative estimate of drug-likeness (QED) is 0.417. The SMILES string of the molecule is N#Cc1sc(N/N=C\c2c(O)c3cc(Cl)ccc3[nH]c2=O)nc1N. The zero-order valence-electron chi connectivity index (χ0n) is 11.9. The van der Waals surface area contributed by atoms with Crippen LogP contribution in [0.3, 0.4) is 0 Å². The number of nitrogens with one attached hydrogen (secondary N) is 2. The molecule has 5 N–H and O–H groups in total. The summed E-state index contributed by atoms with van der Waals surface area (Å²) in [7, 11) is 0. The average molecular weight is 361 g/mol. The summed E-state index contributed by atoms with van der Waals surface area (Å²) in [4.78, 5) is 18.8. The Balaban J connectivity index is 1.94. The van der Waals surface area contributed by atoms with E-state index < -0.39 is 5.56 Å². The number of fused-ring (bicyclic) bond motifs is 1. The van der Waals surface area contributed by atoms with Crippen molar-refractivity contribution in [2.75, 3.05) is 11.2 Å². The van der Waals surface area contributed by atoms with E-state index in [1.807, 2.05) is 6.07 Å². The zero-order valence-corrected chi connectivity index (χ0v) is 13.4. The van der Waals surface area contributed by atoms with Crippen molar-refractivity contribution in [1.82, 2.24) is 9.97 Å². The molecule has 3 rings (SSSR count). The number of aromatic nitrogens is 2. The molecule has 2 aromatic heterocycles. The molecule has 0 atom stereocenters. The van der Waals surface area contributed by atoms with Gasteiger partial charge in [-0.1, -0.05) is 22.9 Å². The lowest BCUT2D eigenvalue weighted by Crippen LogP contribution is -2.12. The van der Waals surface area contributed by atoms with Crippen LogP contribution in [0.2, 0.25) is 5.02 Å². The van der Waals surface area contributed by atoms with Gasteiger partial charge < -0.3 is 15.8 Å². The van der Waals surface area contributed by atoms with E-state index in [2.05, 4.69) is 20.5 Å². The lowest BCUT2D eigenvalue weighted by molar-refractivity contribution is 0.479. The summed E-state index contributed by atoms with van der Waals surface area (Å²) < 4.78 is 0. The van der Waals surface area contributed by atoms with Gasteiger partial charge in [0.25, 0.3) is 5.56 Å². The van der Waals surface area contributed by atoms with Crippen molar-refractivity contribution < 1.29 is 5.11 Å². The van der Waals surface area contributed by atoms with Crippen LogP contribution >= 0.6 is 22.9 Å². The number of nitrogens with zero attached hydrogens (tertiary/aromatic N) is 3. The summed E-state index contributed by atoms with van der Waals surface area (Å²) in [5, 5.41) is 24.0. The second-order valence-corrected chi connectivity index (χ2v) is 6.06. The molecule has 10 heteroatoms. The Morgan fingerprint density at radius 2 is 2.33 bits per heavy atom. The maximum absolute atomic E-state index is 12.0. The van der Waals surface area contributed by atoms with Crippen molar-refractivity contribution in [2.45, 2.75) is 0 Å². The molecule has 0 unspecified atom stereocenters. The van der Waals surface area contributed by atoms with Gasteiger partial charge in [-0.25, -0.2) is 4.98 Å². The molecular formula is C14H9ClN6O2S. The van der Waals surface area contributed by atoms with Crippen molar-refractivity contribution in [3.05, 3.63) is 44.0 Å². The zero-order chi connectivity index (χ0) is 17.3. The van der Waals surface area contributed by atoms with E-state index in [-0.39, 0.29) is 22.0 Å². The number of nitriles is 1. The van der Waals surface area contributed by atoms with Gasteiger partial charge in [0.15, 0.2) is 10.7 Å². The fourth-order valence-corrected chi connectivity index (χ4v) is 2.80. The molecule has 2 heterocycles. The minimum atomic E-state index is -0.510. The Bertz CT molecular complexity index is 1070. The lowest BCUT2D eigenvalue weighted by Gasteiger charge is -2.04. The Kier molecular flexibility index (Phi) is 4.07. The number of hydrogen-bond acceptors (Lipinski definition) is 8. The summed E-state index contributed by atoms with van der Waals surface area (Å²) >= 11 is 6.92. The number of hydrogen-bond donors (Lipinski definition) is 4. The summed E-state index contributed by atoms with van der Waals surface area (Å²) in [6.45, 7) is 0. The molecule has 0 bridgehead atoms. The van der Waals surface area contributed by atoms with E-state index in [1.54, 1.807) is 12.1 Å². The molecule has 0 radical (unpaired) electrons. The van der Waals surface area contributed by atoms with Crippen LogP contribution in [-0.2, 0) is 0 Å². The number of aromatic amines is 1. The maximum Gasteiger partial charge on any atom is 0.261 e. The monoisotopic (exact) mass is 360 g/mol. The normalized spacial score (nSPS) is 11.0. The second-order valence-electron chi connectivity index (χ2n) is 4.62. The van der Waals surface area contributed by atoms with E-state index in [4.69, 9.17) is 22.6 Å². The van der Waals surface area contributed by atoms with Crippen LogP contribution < -0.4 is 16.7 Å². The third kappa shape index (κ3) is 2.88. The van der Waals surface area contributed by atoms with Gasteiger partial charge in [0.05, 0.1) is 11.7 Å². The number of aromatic hydroxyl groups is 1. The number of nitrogens with two attached hydrogens (primary N) is 1. The van der Waals surface area contributed by atoms with Gasteiger partial charge in [-0.15, -0.1) is 0 Å². The number of H-pyrrole nitrogens is 1. The predicted octanol–water partition coefficient (Wildman–Crippen LogP) is 2.24. The number of benzene rings is 1. The third-order valence-electron chi connectivity index (χ3n) is 3.09. The number of nitrogen functional groups attached to an aromatic ring is 1. The highest BCUT2D eigenvalue weighted by atomic mass is 35.5. The molecule has 0 fully saturated rings. The number of anilines is 2. The molecular weight excluding hydrogens is 352 g/mol. The van der Waals surface area contributed by atoms with Gasteiger partial charge in [0, 0.05) is 10.4 Å².